The zero-order valence-electron chi connectivity index (χ0n) is 8.21. The highest BCUT2D eigenvalue weighted by Gasteiger charge is 2.28. The van der Waals surface area contributed by atoms with E-state index in [1.807, 2.05) is 0 Å². The van der Waals surface area contributed by atoms with Gasteiger partial charge in [0.1, 0.15) is 5.75 Å². The van der Waals surface area contributed by atoms with Gasteiger partial charge in [-0.05, 0) is 30.9 Å². The second-order valence-electron chi connectivity index (χ2n) is 4.04. The minimum atomic E-state index is -0.157. The number of aromatic hydroxyl groups is 1. The highest BCUT2D eigenvalue weighted by molar-refractivity contribution is 6.35. The van der Waals surface area contributed by atoms with Crippen molar-refractivity contribution in [3.8, 4) is 5.75 Å². The maximum absolute atomic E-state index is 9.79. The van der Waals surface area contributed by atoms with Crippen molar-refractivity contribution in [2.24, 2.45) is 11.7 Å². The second-order valence-corrected chi connectivity index (χ2v) is 4.89. The Kier molecular flexibility index (Phi) is 3.10. The van der Waals surface area contributed by atoms with Gasteiger partial charge in [-0.25, -0.2) is 0 Å². The smallest absolute Gasteiger partial charge is 0.139 e. The zero-order valence-corrected chi connectivity index (χ0v) is 9.72. The number of rotatable bonds is 2. The van der Waals surface area contributed by atoms with Crippen molar-refractivity contribution < 1.29 is 5.11 Å². The summed E-state index contributed by atoms with van der Waals surface area (Å²) in [6.45, 7) is 0. The first-order chi connectivity index (χ1) is 7.09. The van der Waals surface area contributed by atoms with Gasteiger partial charge in [0.05, 0.1) is 5.02 Å². The minimum Gasteiger partial charge on any atom is -0.506 e. The Balaban J connectivity index is 2.33. The lowest BCUT2D eigenvalue weighted by molar-refractivity contribution is 0.260. The number of hydrogen-bond acceptors (Lipinski definition) is 2. The molecular weight excluding hydrogens is 233 g/mol. The van der Waals surface area contributed by atoms with E-state index in [9.17, 15) is 5.11 Å². The predicted molar refractivity (Wildman–Crippen MR) is 62.4 cm³/mol. The van der Waals surface area contributed by atoms with Gasteiger partial charge in [-0.1, -0.05) is 29.6 Å². The van der Waals surface area contributed by atoms with Gasteiger partial charge in [-0.15, -0.1) is 0 Å². The second kappa shape index (κ2) is 4.20. The fraction of sp³-hybridized carbons (Fsp3) is 0.455. The minimum absolute atomic E-state index is 0.0699. The predicted octanol–water partition coefficient (Wildman–Crippen LogP) is 3.50. The Morgan fingerprint density at radius 3 is 2.53 bits per heavy atom. The number of phenols is 1. The lowest BCUT2D eigenvalue weighted by atomic mass is 9.77. The van der Waals surface area contributed by atoms with E-state index in [0.717, 1.165) is 12.8 Å². The fourth-order valence-electron chi connectivity index (χ4n) is 1.89. The molecule has 1 aliphatic carbocycles. The average Bonchev–Trinajstić information content (AvgIpc) is 2.08. The van der Waals surface area contributed by atoms with Crippen molar-refractivity contribution >= 4 is 23.2 Å². The molecule has 4 heteroatoms. The van der Waals surface area contributed by atoms with Gasteiger partial charge in [-0.2, -0.15) is 0 Å². The fourth-order valence-corrected chi connectivity index (χ4v) is 2.40. The van der Waals surface area contributed by atoms with Crippen LogP contribution < -0.4 is 5.73 Å². The van der Waals surface area contributed by atoms with Crippen LogP contribution in [0.3, 0.4) is 0 Å². The molecule has 0 spiro atoms. The monoisotopic (exact) mass is 245 g/mol. The molecule has 0 amide bonds. The maximum Gasteiger partial charge on any atom is 0.139 e. The number of halogens is 2. The van der Waals surface area contributed by atoms with Crippen LogP contribution >= 0.6 is 23.2 Å². The van der Waals surface area contributed by atoms with Gasteiger partial charge in [-0.3, -0.25) is 0 Å². The van der Waals surface area contributed by atoms with E-state index in [1.54, 1.807) is 6.07 Å². The molecule has 1 aromatic carbocycles. The van der Waals surface area contributed by atoms with Gasteiger partial charge >= 0.3 is 0 Å². The van der Waals surface area contributed by atoms with Crippen LogP contribution in [0.1, 0.15) is 30.9 Å². The molecule has 0 aliphatic heterocycles. The Labute approximate surface area is 99.0 Å². The number of nitrogens with two attached hydrogens (primary N) is 1. The van der Waals surface area contributed by atoms with E-state index in [2.05, 4.69) is 0 Å². The summed E-state index contributed by atoms with van der Waals surface area (Å²) in [5.41, 5.74) is 6.73. The number of benzene rings is 1. The van der Waals surface area contributed by atoms with Gasteiger partial charge in [0.15, 0.2) is 0 Å². The van der Waals surface area contributed by atoms with E-state index in [-0.39, 0.29) is 16.8 Å². The molecule has 1 aromatic rings. The molecule has 0 heterocycles. The maximum atomic E-state index is 9.79. The van der Waals surface area contributed by atoms with E-state index in [1.165, 1.54) is 12.5 Å². The molecule has 0 unspecified atom stereocenters. The third-order valence-corrected chi connectivity index (χ3v) is 3.58. The van der Waals surface area contributed by atoms with E-state index < -0.39 is 0 Å². The Morgan fingerprint density at radius 1 is 1.33 bits per heavy atom. The van der Waals surface area contributed by atoms with E-state index in [0.29, 0.717) is 16.5 Å². The van der Waals surface area contributed by atoms with Crippen molar-refractivity contribution in [3.63, 3.8) is 0 Å². The number of hydrogen-bond donors (Lipinski definition) is 2. The Bertz CT molecular complexity index is 377. The highest BCUT2D eigenvalue weighted by atomic mass is 35.5. The molecular formula is C11H13Cl2NO. The normalized spacial score (nSPS) is 18.6. The summed E-state index contributed by atoms with van der Waals surface area (Å²) >= 11 is 11.7. The summed E-state index contributed by atoms with van der Waals surface area (Å²) in [5, 5.41) is 10.6. The van der Waals surface area contributed by atoms with Crippen molar-refractivity contribution in [3.05, 3.63) is 27.7 Å². The van der Waals surface area contributed by atoms with Crippen LogP contribution in [0.4, 0.5) is 0 Å². The standard InChI is InChI=1S/C11H13Cl2NO/c12-7-4-8(11(15)9(13)5-7)10(14)6-2-1-3-6/h4-6,10,15H,1-3,14H2/t10-/m0/s1. The molecule has 1 saturated carbocycles. The first-order valence-corrected chi connectivity index (χ1v) is 5.78. The Morgan fingerprint density at radius 2 is 2.00 bits per heavy atom. The third-order valence-electron chi connectivity index (χ3n) is 3.07. The van der Waals surface area contributed by atoms with Gasteiger partial charge in [0.2, 0.25) is 0 Å². The van der Waals surface area contributed by atoms with Crippen molar-refractivity contribution in [1.29, 1.82) is 0 Å². The molecule has 1 fully saturated rings. The van der Waals surface area contributed by atoms with Crippen molar-refractivity contribution in [2.75, 3.05) is 0 Å². The lowest BCUT2D eigenvalue weighted by Gasteiger charge is -2.31. The average molecular weight is 246 g/mol. The molecule has 0 bridgehead atoms. The SMILES string of the molecule is N[C@H](c1cc(Cl)cc(Cl)c1O)C1CCC1. The van der Waals surface area contributed by atoms with Gasteiger partial charge in [0, 0.05) is 16.6 Å². The largest absolute Gasteiger partial charge is 0.506 e. The first-order valence-electron chi connectivity index (χ1n) is 5.03. The molecule has 0 radical (unpaired) electrons. The van der Waals surface area contributed by atoms with Gasteiger partial charge in [0.25, 0.3) is 0 Å². The first kappa shape index (κ1) is 11.1. The summed E-state index contributed by atoms with van der Waals surface area (Å²) < 4.78 is 0. The van der Waals surface area contributed by atoms with Crippen LogP contribution in [-0.2, 0) is 0 Å². The molecule has 1 aliphatic rings. The van der Waals surface area contributed by atoms with Crippen LogP contribution in [0.5, 0.6) is 5.75 Å². The molecule has 15 heavy (non-hydrogen) atoms. The van der Waals surface area contributed by atoms with Crippen LogP contribution in [0, 0.1) is 5.92 Å². The van der Waals surface area contributed by atoms with E-state index in [4.69, 9.17) is 28.9 Å². The number of phenolic OH excluding ortho intramolecular Hbond substituents is 1. The quantitative estimate of drug-likeness (QED) is 0.838. The molecule has 0 saturated heterocycles. The summed E-state index contributed by atoms with van der Waals surface area (Å²) in [7, 11) is 0. The van der Waals surface area contributed by atoms with Gasteiger partial charge < -0.3 is 10.8 Å². The summed E-state index contributed by atoms with van der Waals surface area (Å²) in [6, 6.07) is 3.07. The zero-order chi connectivity index (χ0) is 11.0. The molecule has 1 atom stereocenters. The lowest BCUT2D eigenvalue weighted by Crippen LogP contribution is -2.26. The summed E-state index contributed by atoms with van der Waals surface area (Å²) in [5.74, 6) is 0.519. The van der Waals surface area contributed by atoms with Crippen molar-refractivity contribution in [2.45, 2.75) is 25.3 Å². The molecule has 2 rings (SSSR count). The summed E-state index contributed by atoms with van der Waals surface area (Å²) in [6.07, 6.45) is 3.45. The van der Waals surface area contributed by atoms with Crippen LogP contribution in [-0.4, -0.2) is 5.11 Å². The molecule has 3 N–H and O–H groups in total. The van der Waals surface area contributed by atoms with Crippen LogP contribution in [0.15, 0.2) is 12.1 Å². The molecule has 82 valence electrons. The summed E-state index contributed by atoms with van der Waals surface area (Å²) in [4.78, 5) is 0. The Hall–Kier alpha value is -0.440. The third kappa shape index (κ3) is 2.07. The van der Waals surface area contributed by atoms with Crippen LogP contribution in [0.25, 0.3) is 0 Å². The topological polar surface area (TPSA) is 46.2 Å². The van der Waals surface area contributed by atoms with Crippen molar-refractivity contribution in [1.82, 2.24) is 0 Å². The highest BCUT2D eigenvalue weighted by Crippen LogP contribution is 2.42. The van der Waals surface area contributed by atoms with Crippen LogP contribution in [0.2, 0.25) is 10.0 Å². The molecule has 2 nitrogen and oxygen atoms in total. The molecule has 0 aromatic heterocycles. The van der Waals surface area contributed by atoms with E-state index >= 15 is 0 Å².